The Kier molecular flexibility index (Phi) is 15.6. The van der Waals surface area contributed by atoms with E-state index in [1.165, 1.54) is 0 Å². The normalized spacial score (nSPS) is 12.3. The lowest BCUT2D eigenvalue weighted by molar-refractivity contribution is -1.92. The number of allylic oxidation sites excluding steroid dienone is 2. The molecule has 0 fully saturated rings. The molecule has 0 bridgehead atoms. The number of hydrogen-bond acceptors (Lipinski definition) is 8. The van der Waals surface area contributed by atoms with Gasteiger partial charge < -0.3 is 19.6 Å². The zero-order chi connectivity index (χ0) is 39.3. The fourth-order valence-electron chi connectivity index (χ4n) is 7.24. The third-order valence-electron chi connectivity index (χ3n) is 10.3. The summed E-state index contributed by atoms with van der Waals surface area (Å²) in [5.41, 5.74) is 5.53. The van der Waals surface area contributed by atoms with Gasteiger partial charge in [0.1, 0.15) is 0 Å². The molecule has 0 saturated carbocycles. The number of nitrogens with zero attached hydrogens (tertiary/aromatic N) is 4. The maximum atomic E-state index is 13.0. The summed E-state index contributed by atoms with van der Waals surface area (Å²) in [4.78, 5) is 8.96. The van der Waals surface area contributed by atoms with Gasteiger partial charge in [0.2, 0.25) is 0 Å². The van der Waals surface area contributed by atoms with E-state index >= 15 is 0 Å². The van der Waals surface area contributed by atoms with Gasteiger partial charge in [0.25, 0.3) is 5.60 Å². The Hall–Kier alpha value is -4.31. The molecule has 0 saturated heterocycles. The van der Waals surface area contributed by atoms with Crippen LogP contribution in [0.15, 0.2) is 109 Å². The number of rotatable bonds is 20. The molecule has 0 radical (unpaired) electrons. The first-order valence-electron chi connectivity index (χ1n) is 19.4. The van der Waals surface area contributed by atoms with Crippen molar-refractivity contribution in [3.8, 4) is 0 Å². The minimum atomic E-state index is -4.93. The molecule has 0 unspecified atom stereocenters. The summed E-state index contributed by atoms with van der Waals surface area (Å²) in [6, 6.07) is 31.7. The van der Waals surface area contributed by atoms with Gasteiger partial charge in [-0.3, -0.25) is 0 Å². The summed E-state index contributed by atoms with van der Waals surface area (Å²) < 4.78 is 45.1. The van der Waals surface area contributed by atoms with Crippen LogP contribution in [0.5, 0.6) is 0 Å². The monoisotopic (exact) mass is 754 g/mol. The second kappa shape index (κ2) is 19.9. The van der Waals surface area contributed by atoms with Crippen LogP contribution in [0.2, 0.25) is 0 Å². The Morgan fingerprint density at radius 1 is 0.500 bits per heavy atom. The molecular weight excluding hydrogens is 696 g/mol. The fraction of sp³-hybridized carbons (Fsp3) is 0.378. The van der Waals surface area contributed by atoms with Crippen molar-refractivity contribution in [2.24, 2.45) is 0 Å². The van der Waals surface area contributed by atoms with Crippen LogP contribution in [0.3, 0.4) is 0 Å². The van der Waals surface area contributed by atoms with E-state index in [0.717, 1.165) is 80.7 Å². The predicted molar refractivity (Wildman–Crippen MR) is 219 cm³/mol. The van der Waals surface area contributed by atoms with E-state index in [-0.39, 0.29) is 0 Å². The third-order valence-corrected chi connectivity index (χ3v) is 10.7. The SMILES string of the molecule is CCN(CC)c1ccc(C=CC=C(c2ccc(N(CC)CC)cc2)C(O[Cl+3]([O-])([O-])[O-])(c2ccc(N(CC)CC)cc2)c2ccc(N(CC)CC)cc2)cc1. The van der Waals surface area contributed by atoms with E-state index < -0.39 is 15.8 Å². The first-order chi connectivity index (χ1) is 26.0. The molecule has 290 valence electrons. The Balaban J connectivity index is 2.04. The van der Waals surface area contributed by atoms with E-state index in [4.69, 9.17) is 4.29 Å². The minimum absolute atomic E-state index is 0.503. The van der Waals surface area contributed by atoms with Crippen molar-refractivity contribution >= 4 is 34.4 Å². The molecule has 4 rings (SSSR count). The first kappa shape index (κ1) is 42.4. The Morgan fingerprint density at radius 2 is 0.815 bits per heavy atom. The molecule has 0 amide bonds. The summed E-state index contributed by atoms with van der Waals surface area (Å²) in [7, 11) is -4.93. The number of halogens is 1. The second-order valence-corrected chi connectivity index (χ2v) is 13.9. The predicted octanol–water partition coefficient (Wildman–Crippen LogP) is 7.03. The highest BCUT2D eigenvalue weighted by Gasteiger charge is 2.53. The van der Waals surface area contributed by atoms with Crippen molar-refractivity contribution in [2.75, 3.05) is 72.0 Å². The highest BCUT2D eigenvalue weighted by Crippen LogP contribution is 2.48. The molecule has 4 aromatic rings. The smallest absolute Gasteiger partial charge is 0.299 e. The molecule has 9 heteroatoms. The number of anilines is 4. The molecule has 4 aromatic carbocycles. The van der Waals surface area contributed by atoms with Gasteiger partial charge in [-0.05, 0) is 115 Å². The molecule has 0 atom stereocenters. The van der Waals surface area contributed by atoms with Crippen LogP contribution in [0, 0.1) is 10.2 Å². The molecule has 8 nitrogen and oxygen atoms in total. The Labute approximate surface area is 326 Å². The van der Waals surface area contributed by atoms with Gasteiger partial charge in [0, 0.05) is 91.8 Å². The summed E-state index contributed by atoms with van der Waals surface area (Å²) in [6.45, 7) is 23.6. The lowest BCUT2D eigenvalue weighted by Gasteiger charge is -2.34. The highest BCUT2D eigenvalue weighted by atomic mass is 35.7. The molecule has 0 aromatic heterocycles. The van der Waals surface area contributed by atoms with Crippen LogP contribution in [0.1, 0.15) is 77.6 Å². The third kappa shape index (κ3) is 10.1. The standard InChI is InChI=1S/C45H59ClN4O4/c1-9-47(10-2)40-28-20-36(21-29-40)18-17-19-44(37-22-30-41(31-23-37)48(11-3)12-4)45(54-46(51,52)53,38-24-32-42(33-25-38)49(13-5)14-6)39-26-34-43(35-27-39)50(15-7)16-8/h17-35H,9-16H2,1-8H3. The maximum absolute atomic E-state index is 13.0. The van der Waals surface area contributed by atoms with E-state index in [1.54, 1.807) is 0 Å². The van der Waals surface area contributed by atoms with Crippen LogP contribution < -0.4 is 33.6 Å². The van der Waals surface area contributed by atoms with E-state index in [0.29, 0.717) is 22.3 Å². The van der Waals surface area contributed by atoms with Crippen molar-refractivity contribution < 1.29 is 28.5 Å². The topological polar surface area (TPSA) is 91.4 Å². The first-order valence-corrected chi connectivity index (χ1v) is 20.7. The zero-order valence-corrected chi connectivity index (χ0v) is 34.2. The van der Waals surface area contributed by atoms with Crippen LogP contribution in [0.25, 0.3) is 11.6 Å². The summed E-state index contributed by atoms with van der Waals surface area (Å²) in [6.07, 6.45) is 5.76. The summed E-state index contributed by atoms with van der Waals surface area (Å²) in [5.74, 6) is 0. The van der Waals surface area contributed by atoms with E-state index in [9.17, 15) is 14.0 Å². The number of hydrogen-bond donors (Lipinski definition) is 0. The van der Waals surface area contributed by atoms with Crippen LogP contribution in [-0.2, 0) is 9.89 Å². The van der Waals surface area contributed by atoms with E-state index in [1.807, 2.05) is 91.0 Å². The van der Waals surface area contributed by atoms with Gasteiger partial charge in [-0.1, -0.05) is 66.8 Å². The fourth-order valence-corrected chi connectivity index (χ4v) is 7.78. The lowest BCUT2D eigenvalue weighted by atomic mass is 9.76. The molecule has 0 spiro atoms. The minimum Gasteiger partial charge on any atom is -0.372 e. The van der Waals surface area contributed by atoms with Gasteiger partial charge in [-0.25, -0.2) is 0 Å². The van der Waals surface area contributed by atoms with Crippen molar-refractivity contribution in [2.45, 2.75) is 61.0 Å². The highest BCUT2D eigenvalue weighted by molar-refractivity contribution is 5.81. The zero-order valence-electron chi connectivity index (χ0n) is 33.4. The van der Waals surface area contributed by atoms with Gasteiger partial charge in [0.15, 0.2) is 0 Å². The van der Waals surface area contributed by atoms with Gasteiger partial charge in [0.05, 0.1) is 14.5 Å². The largest absolute Gasteiger partial charge is 0.372 e. The van der Waals surface area contributed by atoms with Gasteiger partial charge in [-0.2, -0.15) is 14.0 Å². The van der Waals surface area contributed by atoms with Gasteiger partial charge >= 0.3 is 0 Å². The lowest BCUT2D eigenvalue weighted by Crippen LogP contribution is -2.64. The van der Waals surface area contributed by atoms with E-state index in [2.05, 4.69) is 99.3 Å². The molecule has 0 aliphatic carbocycles. The quantitative estimate of drug-likeness (QED) is 0.0890. The molecule has 0 aliphatic heterocycles. The number of benzene rings is 4. The van der Waals surface area contributed by atoms with Crippen molar-refractivity contribution in [1.29, 1.82) is 0 Å². The average Bonchev–Trinajstić information content (AvgIpc) is 3.19. The van der Waals surface area contributed by atoms with Crippen molar-refractivity contribution in [3.63, 3.8) is 0 Å². The van der Waals surface area contributed by atoms with Crippen molar-refractivity contribution in [3.05, 3.63) is 131 Å². The summed E-state index contributed by atoms with van der Waals surface area (Å²) in [5, 5.41) is 0. The molecule has 0 N–H and O–H groups in total. The average molecular weight is 755 g/mol. The van der Waals surface area contributed by atoms with Crippen molar-refractivity contribution in [1.82, 2.24) is 0 Å². The van der Waals surface area contributed by atoms with Crippen LogP contribution >= 0.6 is 0 Å². The van der Waals surface area contributed by atoms with Crippen LogP contribution in [0.4, 0.5) is 22.7 Å². The second-order valence-electron chi connectivity index (χ2n) is 13.0. The van der Waals surface area contributed by atoms with Crippen LogP contribution in [-0.4, -0.2) is 52.4 Å². The molecule has 54 heavy (non-hydrogen) atoms. The Bertz CT molecular complexity index is 1700. The Morgan fingerprint density at radius 3 is 1.13 bits per heavy atom. The van der Waals surface area contributed by atoms with Gasteiger partial charge in [-0.15, -0.1) is 0 Å². The summed E-state index contributed by atoms with van der Waals surface area (Å²) >= 11 is 0. The molecular formula is C45H59ClN4O4. The molecule has 0 aliphatic rings. The maximum Gasteiger partial charge on any atom is 0.299 e. The molecule has 0 heterocycles.